The Kier molecular flexibility index (Phi) is 4.70. The number of aromatic nitrogens is 2. The van der Waals surface area contributed by atoms with Gasteiger partial charge in [0, 0.05) is 31.4 Å². The number of nitrogens with two attached hydrogens (primary N) is 1. The van der Waals surface area contributed by atoms with Crippen molar-refractivity contribution in [2.24, 2.45) is 5.73 Å². The lowest BCUT2D eigenvalue weighted by molar-refractivity contribution is 0.141. The third kappa shape index (κ3) is 3.52. The van der Waals surface area contributed by atoms with E-state index in [0.29, 0.717) is 6.54 Å². The first-order valence-electron chi connectivity index (χ1n) is 8.30. The van der Waals surface area contributed by atoms with Crippen molar-refractivity contribution in [1.29, 1.82) is 0 Å². The van der Waals surface area contributed by atoms with E-state index in [9.17, 15) is 0 Å². The molecule has 0 radical (unpaired) electrons. The predicted molar refractivity (Wildman–Crippen MR) is 85.3 cm³/mol. The van der Waals surface area contributed by atoms with E-state index < -0.39 is 0 Å². The van der Waals surface area contributed by atoms with Gasteiger partial charge in [0.15, 0.2) is 0 Å². The molecule has 2 fully saturated rings. The molecule has 2 N–H and O–H groups in total. The van der Waals surface area contributed by atoms with Crippen LogP contribution in [0, 0.1) is 6.92 Å². The molecule has 0 unspecified atom stereocenters. The summed E-state index contributed by atoms with van der Waals surface area (Å²) in [7, 11) is 0. The molecule has 2 saturated heterocycles. The van der Waals surface area contributed by atoms with Gasteiger partial charge in [-0.05, 0) is 51.8 Å². The maximum absolute atomic E-state index is 5.72. The summed E-state index contributed by atoms with van der Waals surface area (Å²) in [5.74, 6) is 0.868. The maximum atomic E-state index is 5.72. The topological polar surface area (TPSA) is 58.3 Å². The van der Waals surface area contributed by atoms with Gasteiger partial charge in [0.25, 0.3) is 0 Å². The molecule has 1 aromatic heterocycles. The lowest BCUT2D eigenvalue weighted by atomic mass is 10.00. The summed E-state index contributed by atoms with van der Waals surface area (Å²) in [4.78, 5) is 14.2. The smallest absolute Gasteiger partial charge is 0.225 e. The normalized spacial score (nSPS) is 21.7. The van der Waals surface area contributed by atoms with E-state index in [-0.39, 0.29) is 0 Å². The van der Waals surface area contributed by atoms with Crippen molar-refractivity contribution in [3.05, 3.63) is 17.5 Å². The van der Waals surface area contributed by atoms with Gasteiger partial charge >= 0.3 is 0 Å². The molecule has 2 aliphatic rings. The van der Waals surface area contributed by atoms with E-state index in [1.807, 2.05) is 13.0 Å². The molecule has 116 valence electrons. The second-order valence-corrected chi connectivity index (χ2v) is 6.32. The summed E-state index contributed by atoms with van der Waals surface area (Å²) in [6.45, 7) is 7.22. The van der Waals surface area contributed by atoms with Gasteiger partial charge in [-0.3, -0.25) is 0 Å². The van der Waals surface area contributed by atoms with Gasteiger partial charge in [-0.15, -0.1) is 0 Å². The number of nitrogens with zero attached hydrogens (tertiary/aromatic N) is 4. The van der Waals surface area contributed by atoms with Crippen molar-refractivity contribution in [2.45, 2.75) is 51.6 Å². The van der Waals surface area contributed by atoms with Crippen LogP contribution in [0.5, 0.6) is 0 Å². The number of anilines is 1. The fourth-order valence-corrected chi connectivity index (χ4v) is 3.58. The van der Waals surface area contributed by atoms with E-state index in [0.717, 1.165) is 36.5 Å². The largest absolute Gasteiger partial charge is 0.341 e. The molecule has 0 atom stereocenters. The van der Waals surface area contributed by atoms with Gasteiger partial charge in [-0.25, -0.2) is 9.97 Å². The molecule has 5 nitrogen and oxygen atoms in total. The molecule has 0 aliphatic carbocycles. The lowest BCUT2D eigenvalue weighted by Crippen LogP contribution is -2.47. The van der Waals surface area contributed by atoms with Crippen LogP contribution in [-0.2, 0) is 6.54 Å². The number of hydrogen-bond acceptors (Lipinski definition) is 5. The van der Waals surface area contributed by atoms with Crippen LogP contribution < -0.4 is 10.6 Å². The number of rotatable bonds is 3. The number of aryl methyl sites for hydroxylation is 1. The molecule has 5 heteroatoms. The van der Waals surface area contributed by atoms with Crippen molar-refractivity contribution < 1.29 is 0 Å². The first kappa shape index (κ1) is 14.7. The van der Waals surface area contributed by atoms with Crippen LogP contribution in [0.25, 0.3) is 0 Å². The summed E-state index contributed by atoms with van der Waals surface area (Å²) in [5.41, 5.74) is 7.67. The predicted octanol–water partition coefficient (Wildman–Crippen LogP) is 1.70. The molecule has 0 saturated carbocycles. The average molecular weight is 289 g/mol. The lowest BCUT2D eigenvalue weighted by Gasteiger charge is -2.40. The zero-order chi connectivity index (χ0) is 14.7. The van der Waals surface area contributed by atoms with E-state index in [1.165, 1.54) is 45.2 Å². The molecule has 3 rings (SSSR count). The molecular formula is C16H27N5. The summed E-state index contributed by atoms with van der Waals surface area (Å²) in [6, 6.07) is 2.74. The summed E-state index contributed by atoms with van der Waals surface area (Å²) in [6.07, 6.45) is 6.63. The summed E-state index contributed by atoms with van der Waals surface area (Å²) < 4.78 is 0. The molecule has 0 bridgehead atoms. The minimum atomic E-state index is 0.487. The molecular weight excluding hydrogens is 262 g/mol. The SMILES string of the molecule is Cc1cc(CN)nc(N2CCC(N3CCCCC3)CC2)n1. The Morgan fingerprint density at radius 2 is 1.81 bits per heavy atom. The minimum absolute atomic E-state index is 0.487. The number of piperidine rings is 2. The Balaban J connectivity index is 1.61. The van der Waals surface area contributed by atoms with Crippen molar-refractivity contribution in [3.63, 3.8) is 0 Å². The van der Waals surface area contributed by atoms with E-state index in [4.69, 9.17) is 5.73 Å². The van der Waals surface area contributed by atoms with Gasteiger partial charge in [-0.1, -0.05) is 6.42 Å². The Morgan fingerprint density at radius 1 is 1.10 bits per heavy atom. The van der Waals surface area contributed by atoms with E-state index in [2.05, 4.69) is 19.8 Å². The van der Waals surface area contributed by atoms with Crippen LogP contribution in [0.2, 0.25) is 0 Å². The maximum Gasteiger partial charge on any atom is 0.225 e. The van der Waals surface area contributed by atoms with Gasteiger partial charge in [0.05, 0.1) is 5.69 Å². The third-order valence-corrected chi connectivity index (χ3v) is 4.76. The zero-order valence-corrected chi connectivity index (χ0v) is 13.1. The Hall–Kier alpha value is -1.20. The number of hydrogen-bond donors (Lipinski definition) is 1. The van der Waals surface area contributed by atoms with Gasteiger partial charge in [0.1, 0.15) is 0 Å². The molecule has 0 spiro atoms. The fraction of sp³-hybridized carbons (Fsp3) is 0.750. The quantitative estimate of drug-likeness (QED) is 0.918. The highest BCUT2D eigenvalue weighted by atomic mass is 15.3. The Bertz CT molecular complexity index is 462. The second kappa shape index (κ2) is 6.71. The first-order chi connectivity index (χ1) is 10.3. The van der Waals surface area contributed by atoms with Crippen LogP contribution in [-0.4, -0.2) is 47.1 Å². The van der Waals surface area contributed by atoms with Crippen LogP contribution in [0.4, 0.5) is 5.95 Å². The van der Waals surface area contributed by atoms with Gasteiger partial charge < -0.3 is 15.5 Å². The molecule has 2 aliphatic heterocycles. The Morgan fingerprint density at radius 3 is 2.48 bits per heavy atom. The molecule has 0 amide bonds. The van der Waals surface area contributed by atoms with Crippen LogP contribution >= 0.6 is 0 Å². The molecule has 1 aromatic rings. The summed E-state index contributed by atoms with van der Waals surface area (Å²) >= 11 is 0. The standard InChI is InChI=1S/C16H27N5/c1-13-11-14(12-17)19-16(18-13)21-9-5-15(6-10-21)20-7-3-2-4-8-20/h11,15H,2-10,12,17H2,1H3. The highest BCUT2D eigenvalue weighted by Gasteiger charge is 2.26. The van der Waals surface area contributed by atoms with Crippen LogP contribution in [0.15, 0.2) is 6.07 Å². The molecule has 21 heavy (non-hydrogen) atoms. The van der Waals surface area contributed by atoms with Crippen molar-refractivity contribution >= 4 is 5.95 Å². The third-order valence-electron chi connectivity index (χ3n) is 4.76. The highest BCUT2D eigenvalue weighted by Crippen LogP contribution is 2.23. The zero-order valence-electron chi connectivity index (χ0n) is 13.1. The average Bonchev–Trinajstić information content (AvgIpc) is 2.55. The molecule has 3 heterocycles. The van der Waals surface area contributed by atoms with E-state index in [1.54, 1.807) is 0 Å². The minimum Gasteiger partial charge on any atom is -0.341 e. The second-order valence-electron chi connectivity index (χ2n) is 6.32. The first-order valence-corrected chi connectivity index (χ1v) is 8.30. The van der Waals surface area contributed by atoms with Gasteiger partial charge in [0.2, 0.25) is 5.95 Å². The molecule has 0 aromatic carbocycles. The van der Waals surface area contributed by atoms with E-state index >= 15 is 0 Å². The van der Waals surface area contributed by atoms with Gasteiger partial charge in [-0.2, -0.15) is 0 Å². The van der Waals surface area contributed by atoms with Crippen molar-refractivity contribution in [3.8, 4) is 0 Å². The van der Waals surface area contributed by atoms with Crippen molar-refractivity contribution in [1.82, 2.24) is 14.9 Å². The summed E-state index contributed by atoms with van der Waals surface area (Å²) in [5, 5.41) is 0. The Labute approximate surface area is 127 Å². The van der Waals surface area contributed by atoms with Crippen LogP contribution in [0.1, 0.15) is 43.5 Å². The number of likely N-dealkylation sites (tertiary alicyclic amines) is 1. The van der Waals surface area contributed by atoms with Crippen molar-refractivity contribution in [2.75, 3.05) is 31.1 Å². The monoisotopic (exact) mass is 289 g/mol. The van der Waals surface area contributed by atoms with Crippen LogP contribution in [0.3, 0.4) is 0 Å². The highest BCUT2D eigenvalue weighted by molar-refractivity contribution is 5.33. The fourth-order valence-electron chi connectivity index (χ4n) is 3.58.